The van der Waals surface area contributed by atoms with Crippen LogP contribution >= 0.6 is 27.5 Å². The molecular formula is C27H21BrClN3O3. The normalized spacial score (nSPS) is 12.6. The molecule has 0 spiro atoms. The van der Waals surface area contributed by atoms with Crippen molar-refractivity contribution in [2.24, 2.45) is 5.10 Å². The number of ether oxygens (including phenoxy) is 1. The van der Waals surface area contributed by atoms with E-state index in [0.717, 1.165) is 11.8 Å². The molecule has 5 aromatic rings. The van der Waals surface area contributed by atoms with E-state index in [1.165, 1.54) is 4.68 Å². The Labute approximate surface area is 214 Å². The van der Waals surface area contributed by atoms with Crippen molar-refractivity contribution in [3.63, 3.8) is 0 Å². The van der Waals surface area contributed by atoms with Gasteiger partial charge in [0.1, 0.15) is 5.58 Å². The van der Waals surface area contributed by atoms with Crippen LogP contribution < -0.4 is 10.3 Å². The summed E-state index contributed by atoms with van der Waals surface area (Å²) in [6.07, 6.45) is 2.44. The van der Waals surface area contributed by atoms with Gasteiger partial charge in [0.05, 0.1) is 32.7 Å². The molecule has 0 aliphatic carbocycles. The van der Waals surface area contributed by atoms with E-state index in [4.69, 9.17) is 25.7 Å². The summed E-state index contributed by atoms with van der Waals surface area (Å²) in [4.78, 5) is 18.1. The van der Waals surface area contributed by atoms with E-state index in [1.807, 2.05) is 56.3 Å². The molecule has 1 atom stereocenters. The van der Waals surface area contributed by atoms with Gasteiger partial charge in [-0.3, -0.25) is 4.79 Å². The summed E-state index contributed by atoms with van der Waals surface area (Å²) in [6.45, 7) is 4.03. The number of fused-ring (bicyclic) bond motifs is 2. The zero-order valence-electron chi connectivity index (χ0n) is 19.0. The standard InChI is InChI=1S/C27H21BrClN3O3/c1-3-16(2)34-25-20(28)12-17(13-21(25)29)15-30-32-26(24-14-18-8-4-7-11-23(18)35-24)31-22-10-6-5-9-19(22)27(32)33/h4-16H,3H2,1-2H3/t16-/m1/s1. The molecule has 0 saturated heterocycles. The average Bonchev–Trinajstić information content (AvgIpc) is 3.29. The Morgan fingerprint density at radius 3 is 2.71 bits per heavy atom. The van der Waals surface area contributed by atoms with E-state index in [9.17, 15) is 4.79 Å². The molecule has 0 amide bonds. The highest BCUT2D eigenvalue weighted by atomic mass is 79.9. The van der Waals surface area contributed by atoms with Gasteiger partial charge in [0, 0.05) is 5.39 Å². The van der Waals surface area contributed by atoms with Crippen molar-refractivity contribution in [1.29, 1.82) is 0 Å². The maximum absolute atomic E-state index is 13.4. The Kier molecular flexibility index (Phi) is 6.45. The smallest absolute Gasteiger partial charge is 0.282 e. The minimum Gasteiger partial charge on any atom is -0.488 e. The molecule has 0 bridgehead atoms. The fourth-order valence-corrected chi connectivity index (χ4v) is 4.62. The van der Waals surface area contributed by atoms with Crippen LogP contribution in [0.15, 0.2) is 85.5 Å². The highest BCUT2D eigenvalue weighted by molar-refractivity contribution is 9.10. The van der Waals surface area contributed by atoms with Gasteiger partial charge in [-0.25, -0.2) is 4.98 Å². The highest BCUT2D eigenvalue weighted by Gasteiger charge is 2.17. The van der Waals surface area contributed by atoms with Gasteiger partial charge in [-0.1, -0.05) is 48.9 Å². The molecule has 176 valence electrons. The van der Waals surface area contributed by atoms with E-state index in [1.54, 1.807) is 30.5 Å². The number of benzene rings is 3. The molecule has 0 aliphatic heterocycles. The second-order valence-corrected chi connectivity index (χ2v) is 9.37. The van der Waals surface area contributed by atoms with Crippen LogP contribution in [0.1, 0.15) is 25.8 Å². The fourth-order valence-electron chi connectivity index (χ4n) is 3.66. The largest absolute Gasteiger partial charge is 0.488 e. The topological polar surface area (TPSA) is 69.6 Å². The van der Waals surface area contributed by atoms with Crippen LogP contribution in [0.5, 0.6) is 5.75 Å². The van der Waals surface area contributed by atoms with Crippen LogP contribution in [0.25, 0.3) is 33.5 Å². The predicted molar refractivity (Wildman–Crippen MR) is 144 cm³/mol. The number of hydrogen-bond donors (Lipinski definition) is 0. The monoisotopic (exact) mass is 549 g/mol. The molecule has 0 aliphatic rings. The summed E-state index contributed by atoms with van der Waals surface area (Å²) in [7, 11) is 0. The third-order valence-corrected chi connectivity index (χ3v) is 6.51. The van der Waals surface area contributed by atoms with E-state index in [0.29, 0.717) is 48.9 Å². The second-order valence-electron chi connectivity index (χ2n) is 8.11. The summed E-state index contributed by atoms with van der Waals surface area (Å²) in [5.41, 5.74) is 1.66. The average molecular weight is 551 g/mol. The third-order valence-electron chi connectivity index (χ3n) is 5.64. The van der Waals surface area contributed by atoms with Crippen LogP contribution in [0.3, 0.4) is 0 Å². The van der Waals surface area contributed by atoms with Gasteiger partial charge in [-0.15, -0.1) is 0 Å². The lowest BCUT2D eigenvalue weighted by molar-refractivity contribution is 0.216. The number of halogens is 2. The molecule has 0 N–H and O–H groups in total. The molecule has 0 saturated carbocycles. The molecule has 0 unspecified atom stereocenters. The van der Waals surface area contributed by atoms with Crippen molar-refractivity contribution in [3.8, 4) is 17.3 Å². The first-order valence-corrected chi connectivity index (χ1v) is 12.3. The van der Waals surface area contributed by atoms with E-state index in [-0.39, 0.29) is 11.7 Å². The molecule has 8 heteroatoms. The predicted octanol–water partition coefficient (Wildman–Crippen LogP) is 7.29. The number of nitrogens with zero attached hydrogens (tertiary/aromatic N) is 3. The Bertz CT molecular complexity index is 1580. The summed E-state index contributed by atoms with van der Waals surface area (Å²) in [5.74, 6) is 1.33. The minimum absolute atomic E-state index is 0.0249. The van der Waals surface area contributed by atoms with E-state index < -0.39 is 0 Å². The third kappa shape index (κ3) is 4.61. The van der Waals surface area contributed by atoms with Gasteiger partial charge in [0.2, 0.25) is 5.82 Å². The number of para-hydroxylation sites is 2. The van der Waals surface area contributed by atoms with Gasteiger partial charge in [0.25, 0.3) is 5.56 Å². The fraction of sp³-hybridized carbons (Fsp3) is 0.148. The molecule has 0 radical (unpaired) electrons. The highest BCUT2D eigenvalue weighted by Crippen LogP contribution is 2.35. The Hall–Kier alpha value is -3.42. The van der Waals surface area contributed by atoms with Gasteiger partial charge in [0.15, 0.2) is 11.5 Å². The van der Waals surface area contributed by atoms with E-state index in [2.05, 4.69) is 21.0 Å². The summed E-state index contributed by atoms with van der Waals surface area (Å²) >= 11 is 10.0. The van der Waals surface area contributed by atoms with Crippen molar-refractivity contribution in [3.05, 3.63) is 92.1 Å². The maximum atomic E-state index is 13.4. The quantitative estimate of drug-likeness (QED) is 0.208. The van der Waals surface area contributed by atoms with Crippen molar-refractivity contribution in [2.45, 2.75) is 26.4 Å². The number of aromatic nitrogens is 2. The first-order valence-electron chi connectivity index (χ1n) is 11.2. The zero-order chi connectivity index (χ0) is 24.5. The Morgan fingerprint density at radius 1 is 1.17 bits per heavy atom. The Balaban J connectivity index is 1.63. The van der Waals surface area contributed by atoms with Crippen molar-refractivity contribution >= 4 is 55.6 Å². The lowest BCUT2D eigenvalue weighted by Crippen LogP contribution is -2.20. The summed E-state index contributed by atoms with van der Waals surface area (Å²) < 4.78 is 13.9. The van der Waals surface area contributed by atoms with Crippen LogP contribution in [-0.4, -0.2) is 22.0 Å². The number of rotatable bonds is 6. The molecule has 3 aromatic carbocycles. The second kappa shape index (κ2) is 9.68. The molecule has 2 heterocycles. The molecule has 0 fully saturated rings. The van der Waals surface area contributed by atoms with Gasteiger partial charge < -0.3 is 9.15 Å². The van der Waals surface area contributed by atoms with Gasteiger partial charge in [-0.05, 0) is 71.2 Å². The Morgan fingerprint density at radius 2 is 1.94 bits per heavy atom. The molecular weight excluding hydrogens is 530 g/mol. The molecule has 6 nitrogen and oxygen atoms in total. The van der Waals surface area contributed by atoms with Crippen LogP contribution in [0, 0.1) is 0 Å². The molecule has 2 aromatic heterocycles. The van der Waals surface area contributed by atoms with Crippen LogP contribution in [0.4, 0.5) is 0 Å². The van der Waals surface area contributed by atoms with Crippen molar-refractivity contribution < 1.29 is 9.15 Å². The zero-order valence-corrected chi connectivity index (χ0v) is 21.4. The number of hydrogen-bond acceptors (Lipinski definition) is 5. The summed E-state index contributed by atoms with van der Waals surface area (Å²) in [6, 6.07) is 20.2. The molecule has 35 heavy (non-hydrogen) atoms. The number of furan rings is 1. The first kappa shape index (κ1) is 23.3. The first-order chi connectivity index (χ1) is 16.9. The van der Waals surface area contributed by atoms with Crippen molar-refractivity contribution in [2.75, 3.05) is 0 Å². The van der Waals surface area contributed by atoms with Crippen molar-refractivity contribution in [1.82, 2.24) is 9.66 Å². The van der Waals surface area contributed by atoms with Crippen LogP contribution in [-0.2, 0) is 0 Å². The van der Waals surface area contributed by atoms with Gasteiger partial charge in [-0.2, -0.15) is 9.78 Å². The van der Waals surface area contributed by atoms with Gasteiger partial charge >= 0.3 is 0 Å². The lowest BCUT2D eigenvalue weighted by Gasteiger charge is -2.15. The SMILES string of the molecule is CC[C@@H](C)Oc1c(Cl)cc(C=Nn2c(-c3cc4ccccc4o3)nc3ccccc3c2=O)cc1Br. The molecule has 5 rings (SSSR count). The lowest BCUT2D eigenvalue weighted by atomic mass is 10.2. The van der Waals surface area contributed by atoms with E-state index >= 15 is 0 Å². The summed E-state index contributed by atoms with van der Waals surface area (Å²) in [5, 5.41) is 6.31. The minimum atomic E-state index is -0.302. The van der Waals surface area contributed by atoms with Crippen LogP contribution in [0.2, 0.25) is 5.02 Å². The maximum Gasteiger partial charge on any atom is 0.282 e.